The van der Waals surface area contributed by atoms with Gasteiger partial charge in [0.15, 0.2) is 5.78 Å². The van der Waals surface area contributed by atoms with E-state index >= 15 is 0 Å². The van der Waals surface area contributed by atoms with E-state index in [0.29, 0.717) is 5.78 Å². The van der Waals surface area contributed by atoms with Crippen LogP contribution in [0.25, 0.3) is 0 Å². The molecule has 0 radical (unpaired) electrons. The number of benzene rings is 1. The molecule has 1 aromatic rings. The van der Waals surface area contributed by atoms with Crippen molar-refractivity contribution in [3.63, 3.8) is 0 Å². The lowest BCUT2D eigenvalue weighted by Gasteiger charge is -2.28. The van der Waals surface area contributed by atoms with Crippen molar-refractivity contribution in [3.8, 4) is 0 Å². The van der Waals surface area contributed by atoms with Gasteiger partial charge >= 0.3 is 0 Å². The van der Waals surface area contributed by atoms with Crippen molar-refractivity contribution in [1.82, 2.24) is 0 Å². The molecule has 18 heavy (non-hydrogen) atoms. The fraction of sp³-hybridized carbons (Fsp3) is 0.533. The van der Waals surface area contributed by atoms with Gasteiger partial charge in [-0.15, -0.1) is 0 Å². The van der Waals surface area contributed by atoms with Crippen molar-refractivity contribution in [2.45, 2.75) is 19.8 Å². The van der Waals surface area contributed by atoms with E-state index in [-0.39, 0.29) is 29.9 Å². The summed E-state index contributed by atoms with van der Waals surface area (Å²) in [4.78, 5) is 12.4. The smallest absolute Gasteiger partial charge is 0.171 e. The molecule has 0 spiro atoms. The van der Waals surface area contributed by atoms with Crippen LogP contribution in [0.4, 0.5) is 0 Å². The Balaban J connectivity index is 0.00000289. The minimum Gasteiger partial charge on any atom is -1.00 e. The summed E-state index contributed by atoms with van der Waals surface area (Å²) in [5.74, 6) is 0.433. The van der Waals surface area contributed by atoms with Gasteiger partial charge in [0.2, 0.25) is 0 Å². The van der Waals surface area contributed by atoms with Gasteiger partial charge in [0, 0.05) is 5.56 Å². The number of carbonyl (C=O) groups is 1. The highest BCUT2D eigenvalue weighted by atomic mass is 127. The fourth-order valence-corrected chi connectivity index (χ4v) is 2.15. The first kappa shape index (κ1) is 17.6. The van der Waals surface area contributed by atoms with Gasteiger partial charge in [0.05, 0.1) is 33.6 Å². The largest absolute Gasteiger partial charge is 1.00 e. The van der Waals surface area contributed by atoms with E-state index in [1.807, 2.05) is 30.3 Å². The third-order valence-corrected chi connectivity index (χ3v) is 2.83. The number of hydrogen-bond donors (Lipinski definition) is 0. The van der Waals surface area contributed by atoms with Gasteiger partial charge in [0.25, 0.3) is 0 Å². The molecule has 2 nitrogen and oxygen atoms in total. The zero-order valence-corrected chi connectivity index (χ0v) is 14.0. The Morgan fingerprint density at radius 3 is 2.17 bits per heavy atom. The summed E-state index contributed by atoms with van der Waals surface area (Å²) in [6.07, 6.45) is 2.03. The van der Waals surface area contributed by atoms with E-state index in [4.69, 9.17) is 0 Å². The van der Waals surface area contributed by atoms with Crippen LogP contribution in [0.5, 0.6) is 0 Å². The summed E-state index contributed by atoms with van der Waals surface area (Å²) in [7, 11) is 6.42. The summed E-state index contributed by atoms with van der Waals surface area (Å²) in [5, 5.41) is 0. The Hall–Kier alpha value is -0.420. The highest BCUT2D eigenvalue weighted by molar-refractivity contribution is 5.97. The summed E-state index contributed by atoms with van der Waals surface area (Å²) in [5.41, 5.74) is 0.847. The molecule has 1 unspecified atom stereocenters. The van der Waals surface area contributed by atoms with Gasteiger partial charge in [-0.05, 0) is 6.42 Å². The number of quaternary nitrogens is 1. The molecule has 3 heteroatoms. The molecule has 0 fully saturated rings. The van der Waals surface area contributed by atoms with Gasteiger partial charge in [-0.3, -0.25) is 4.79 Å². The van der Waals surface area contributed by atoms with Crippen LogP contribution in [-0.4, -0.2) is 38.0 Å². The van der Waals surface area contributed by atoms with Crippen LogP contribution in [0.1, 0.15) is 30.1 Å². The fourth-order valence-electron chi connectivity index (χ4n) is 2.15. The number of carbonyl (C=O) groups excluding carboxylic acids is 1. The first-order valence-electron chi connectivity index (χ1n) is 6.33. The molecule has 0 saturated carbocycles. The van der Waals surface area contributed by atoms with Gasteiger partial charge in [-0.2, -0.15) is 0 Å². The highest BCUT2D eigenvalue weighted by Crippen LogP contribution is 2.17. The first-order chi connectivity index (χ1) is 7.94. The Morgan fingerprint density at radius 2 is 1.72 bits per heavy atom. The van der Waals surface area contributed by atoms with Crippen LogP contribution < -0.4 is 24.0 Å². The molecule has 0 saturated heterocycles. The number of hydrogen-bond acceptors (Lipinski definition) is 1. The predicted molar refractivity (Wildman–Crippen MR) is 72.1 cm³/mol. The third kappa shape index (κ3) is 5.96. The Morgan fingerprint density at radius 1 is 1.17 bits per heavy atom. The maximum Gasteiger partial charge on any atom is 0.171 e. The molecule has 1 aromatic carbocycles. The normalized spacial score (nSPS) is 12.7. The molecule has 0 N–H and O–H groups in total. The van der Waals surface area contributed by atoms with E-state index in [1.54, 1.807) is 0 Å². The highest BCUT2D eigenvalue weighted by Gasteiger charge is 2.25. The second kappa shape index (κ2) is 7.89. The molecule has 0 aliphatic rings. The van der Waals surface area contributed by atoms with E-state index in [9.17, 15) is 4.79 Å². The van der Waals surface area contributed by atoms with Crippen molar-refractivity contribution >= 4 is 5.78 Å². The lowest BCUT2D eigenvalue weighted by Crippen LogP contribution is -3.00. The van der Waals surface area contributed by atoms with E-state index in [2.05, 4.69) is 28.1 Å². The average Bonchev–Trinajstić information content (AvgIpc) is 2.27. The van der Waals surface area contributed by atoms with Gasteiger partial charge < -0.3 is 28.5 Å². The van der Waals surface area contributed by atoms with Crippen LogP contribution in [0.3, 0.4) is 0 Å². The molecule has 0 aliphatic heterocycles. The second-order valence-corrected chi connectivity index (χ2v) is 5.69. The second-order valence-electron chi connectivity index (χ2n) is 5.69. The quantitative estimate of drug-likeness (QED) is 0.396. The number of nitrogens with zero attached hydrogens (tertiary/aromatic N) is 1. The molecular weight excluding hydrogens is 337 g/mol. The maximum atomic E-state index is 12.4. The van der Waals surface area contributed by atoms with Gasteiger partial charge in [-0.25, -0.2) is 0 Å². The van der Waals surface area contributed by atoms with Crippen LogP contribution in [0, 0.1) is 5.92 Å². The molecule has 0 aliphatic carbocycles. The minimum atomic E-state index is 0. The van der Waals surface area contributed by atoms with Crippen molar-refractivity contribution in [2.75, 3.05) is 27.7 Å². The standard InChI is InChI=1S/C15H24NO.HI/c1-5-9-14(12-16(2,3)4)15(17)13-10-7-6-8-11-13;/h6-8,10-11,14H,5,9,12H2,1-4H3;1H/q+1;/p-1. The summed E-state index contributed by atoms with van der Waals surface area (Å²) < 4.78 is 0.837. The Bertz CT molecular complexity index is 357. The van der Waals surface area contributed by atoms with Crippen LogP contribution in [0.2, 0.25) is 0 Å². The van der Waals surface area contributed by atoms with Crippen LogP contribution >= 0.6 is 0 Å². The molecule has 0 aromatic heterocycles. The number of halogens is 1. The average molecular weight is 361 g/mol. The molecule has 102 valence electrons. The third-order valence-electron chi connectivity index (χ3n) is 2.83. The SMILES string of the molecule is CCCC(C[N+](C)(C)C)C(=O)c1ccccc1.[I-]. The molecule has 1 atom stereocenters. The van der Waals surface area contributed by atoms with Gasteiger partial charge in [-0.1, -0.05) is 43.7 Å². The van der Waals surface area contributed by atoms with Crippen molar-refractivity contribution < 1.29 is 33.3 Å². The lowest BCUT2D eigenvalue weighted by atomic mass is 9.92. The summed E-state index contributed by atoms with van der Waals surface area (Å²) in [6.45, 7) is 3.04. The Kier molecular flexibility index (Phi) is 7.71. The van der Waals surface area contributed by atoms with Crippen molar-refractivity contribution in [3.05, 3.63) is 35.9 Å². The number of rotatable bonds is 6. The topological polar surface area (TPSA) is 17.1 Å². The summed E-state index contributed by atoms with van der Waals surface area (Å²) >= 11 is 0. The zero-order valence-electron chi connectivity index (χ0n) is 11.8. The maximum absolute atomic E-state index is 12.4. The lowest BCUT2D eigenvalue weighted by molar-refractivity contribution is -0.872. The van der Waals surface area contributed by atoms with E-state index in [1.165, 1.54) is 0 Å². The van der Waals surface area contributed by atoms with E-state index in [0.717, 1.165) is 29.4 Å². The molecule has 0 heterocycles. The van der Waals surface area contributed by atoms with Crippen molar-refractivity contribution in [2.24, 2.45) is 5.92 Å². The summed E-state index contributed by atoms with van der Waals surface area (Å²) in [6, 6.07) is 9.65. The van der Waals surface area contributed by atoms with Crippen LogP contribution in [0.15, 0.2) is 30.3 Å². The minimum absolute atomic E-state index is 0. The number of Topliss-reactive ketones (excluding diaryl/α,β-unsaturated/α-hetero) is 1. The monoisotopic (exact) mass is 361 g/mol. The molecule has 0 amide bonds. The predicted octanol–water partition coefficient (Wildman–Crippen LogP) is -0.00420. The van der Waals surface area contributed by atoms with Crippen molar-refractivity contribution in [1.29, 1.82) is 0 Å². The number of ketones is 1. The molecule has 1 rings (SSSR count). The molecular formula is C15H24INO. The Labute approximate surface area is 128 Å². The van der Waals surface area contributed by atoms with Crippen LogP contribution in [-0.2, 0) is 0 Å². The zero-order chi connectivity index (χ0) is 12.9. The van der Waals surface area contributed by atoms with Gasteiger partial charge in [0.1, 0.15) is 0 Å². The van der Waals surface area contributed by atoms with E-state index < -0.39 is 0 Å². The molecule has 0 bridgehead atoms. The first-order valence-corrected chi connectivity index (χ1v) is 6.33.